The monoisotopic (exact) mass is 450 g/mol. The molecule has 0 saturated heterocycles. The number of carbonyl (C=O) groups excluding carboxylic acids is 3. The number of amides is 2. The van der Waals surface area contributed by atoms with E-state index in [1.165, 1.54) is 12.5 Å². The van der Waals surface area contributed by atoms with E-state index in [1.807, 2.05) is 48.6 Å². The van der Waals surface area contributed by atoms with Crippen LogP contribution in [0.3, 0.4) is 0 Å². The second-order valence-electron chi connectivity index (χ2n) is 7.89. The first-order valence-corrected chi connectivity index (χ1v) is 11.2. The molecule has 174 valence electrons. The van der Waals surface area contributed by atoms with Gasteiger partial charge in [0, 0.05) is 13.1 Å². The lowest BCUT2D eigenvalue weighted by molar-refractivity contribution is -0.126. The number of ketones is 1. The first-order valence-electron chi connectivity index (χ1n) is 11.2. The molecule has 8 heteroatoms. The molecule has 1 aromatic carbocycles. The third-order valence-corrected chi connectivity index (χ3v) is 5.22. The molecule has 2 heterocycles. The molecule has 0 saturated carbocycles. The van der Waals surface area contributed by atoms with E-state index in [0.717, 1.165) is 36.5 Å². The summed E-state index contributed by atoms with van der Waals surface area (Å²) < 4.78 is 5.13. The van der Waals surface area contributed by atoms with Crippen molar-refractivity contribution >= 4 is 29.7 Å². The minimum absolute atomic E-state index is 0.0883. The summed E-state index contributed by atoms with van der Waals surface area (Å²) in [5.41, 5.74) is 2.94. The summed E-state index contributed by atoms with van der Waals surface area (Å²) in [6.45, 7) is 2.78. The van der Waals surface area contributed by atoms with Gasteiger partial charge in [-0.1, -0.05) is 42.5 Å². The van der Waals surface area contributed by atoms with Crippen LogP contribution in [-0.4, -0.2) is 41.9 Å². The van der Waals surface area contributed by atoms with Crippen LogP contribution in [-0.2, 0) is 27.4 Å². The molecule has 0 unspecified atom stereocenters. The van der Waals surface area contributed by atoms with E-state index >= 15 is 0 Å². The van der Waals surface area contributed by atoms with Gasteiger partial charge in [0.2, 0.25) is 5.91 Å². The van der Waals surface area contributed by atoms with Gasteiger partial charge in [-0.2, -0.15) is 0 Å². The molecule has 1 aliphatic heterocycles. The predicted molar refractivity (Wildman–Crippen MR) is 127 cm³/mol. The van der Waals surface area contributed by atoms with Gasteiger partial charge in [-0.15, -0.1) is 0 Å². The van der Waals surface area contributed by atoms with Crippen molar-refractivity contribution in [2.45, 2.75) is 45.3 Å². The second-order valence-corrected chi connectivity index (χ2v) is 7.89. The molecule has 3 N–H and O–H groups in total. The van der Waals surface area contributed by atoms with Crippen molar-refractivity contribution in [1.82, 2.24) is 15.6 Å². The highest BCUT2D eigenvalue weighted by atomic mass is 16.5. The molecular weight excluding hydrogens is 420 g/mol. The third-order valence-electron chi connectivity index (χ3n) is 5.22. The van der Waals surface area contributed by atoms with Crippen molar-refractivity contribution in [2.24, 2.45) is 0 Å². The van der Waals surface area contributed by atoms with Gasteiger partial charge < -0.3 is 20.7 Å². The van der Waals surface area contributed by atoms with Crippen molar-refractivity contribution in [2.75, 3.05) is 18.4 Å². The average Bonchev–Trinajstić information content (AvgIpc) is 2.82. The number of benzene rings is 1. The number of nitrogens with one attached hydrogen (secondary N) is 3. The van der Waals surface area contributed by atoms with Gasteiger partial charge in [-0.3, -0.25) is 9.59 Å². The van der Waals surface area contributed by atoms with Crippen LogP contribution in [0.1, 0.15) is 43.0 Å². The first kappa shape index (κ1) is 24.0. The molecule has 2 aromatic rings. The normalized spacial score (nSPS) is 13.5. The number of nitrogens with zero attached hydrogens (tertiary/aromatic N) is 1. The van der Waals surface area contributed by atoms with Gasteiger partial charge in [0.05, 0.1) is 18.2 Å². The van der Waals surface area contributed by atoms with Crippen molar-refractivity contribution < 1.29 is 19.1 Å². The molecule has 33 heavy (non-hydrogen) atoms. The quantitative estimate of drug-likeness (QED) is 0.480. The van der Waals surface area contributed by atoms with E-state index in [0.29, 0.717) is 13.0 Å². The van der Waals surface area contributed by atoms with E-state index in [9.17, 15) is 14.4 Å². The molecule has 0 radical (unpaired) electrons. The van der Waals surface area contributed by atoms with Crippen molar-refractivity contribution in [3.05, 3.63) is 65.4 Å². The molecule has 1 aliphatic rings. The molecule has 1 atom stereocenters. The van der Waals surface area contributed by atoms with Gasteiger partial charge in [-0.25, -0.2) is 9.78 Å². The minimum atomic E-state index is -0.934. The molecule has 8 nitrogen and oxygen atoms in total. The van der Waals surface area contributed by atoms with Gasteiger partial charge in [0.1, 0.15) is 12.4 Å². The molecular formula is C25H30N4O4. The molecule has 0 bridgehead atoms. The Morgan fingerprint density at radius 1 is 1.18 bits per heavy atom. The van der Waals surface area contributed by atoms with E-state index in [4.69, 9.17) is 4.74 Å². The number of pyridine rings is 1. The third kappa shape index (κ3) is 8.07. The SMILES string of the molecule is CC(=O)[C@H](CC(=O)NCCC=Cc1ccc2c(n1)NCCC2)NC(=O)OCc1ccccc1. The van der Waals surface area contributed by atoms with E-state index in [-0.39, 0.29) is 24.7 Å². The summed E-state index contributed by atoms with van der Waals surface area (Å²) >= 11 is 0. The maximum absolute atomic E-state index is 12.2. The Morgan fingerprint density at radius 2 is 2.00 bits per heavy atom. The van der Waals surface area contributed by atoms with E-state index < -0.39 is 12.1 Å². The Labute approximate surface area is 193 Å². The summed E-state index contributed by atoms with van der Waals surface area (Å²) in [6, 6.07) is 12.4. The predicted octanol–water partition coefficient (Wildman–Crippen LogP) is 3.23. The number of carbonyl (C=O) groups is 3. The maximum atomic E-state index is 12.2. The van der Waals surface area contributed by atoms with Crippen molar-refractivity contribution in [1.29, 1.82) is 0 Å². The van der Waals surface area contributed by atoms with Crippen LogP contribution in [0.15, 0.2) is 48.5 Å². The highest BCUT2D eigenvalue weighted by molar-refractivity contribution is 5.90. The number of ether oxygens (including phenoxy) is 1. The zero-order chi connectivity index (χ0) is 23.5. The van der Waals surface area contributed by atoms with Crippen molar-refractivity contribution in [3.8, 4) is 0 Å². The summed E-state index contributed by atoms with van der Waals surface area (Å²) in [4.78, 5) is 40.7. The summed E-state index contributed by atoms with van der Waals surface area (Å²) in [5.74, 6) is 0.318. The number of rotatable bonds is 10. The Morgan fingerprint density at radius 3 is 2.79 bits per heavy atom. The smallest absolute Gasteiger partial charge is 0.408 e. The van der Waals surface area contributed by atoms with E-state index in [1.54, 1.807) is 0 Å². The highest BCUT2D eigenvalue weighted by Crippen LogP contribution is 2.20. The molecule has 3 rings (SSSR count). The number of Topliss-reactive ketones (excluding diaryl/α,β-unsaturated/α-hetero) is 1. The number of hydrogen-bond donors (Lipinski definition) is 3. The Kier molecular flexibility index (Phi) is 8.99. The van der Waals surface area contributed by atoms with Crippen LogP contribution in [0.2, 0.25) is 0 Å². The molecule has 2 amide bonds. The molecule has 1 aromatic heterocycles. The van der Waals surface area contributed by atoms with Crippen LogP contribution < -0.4 is 16.0 Å². The van der Waals surface area contributed by atoms with E-state index in [2.05, 4.69) is 27.0 Å². The number of hydrogen-bond acceptors (Lipinski definition) is 6. The van der Waals surface area contributed by atoms with Gasteiger partial charge in [0.15, 0.2) is 5.78 Å². The van der Waals surface area contributed by atoms with Crippen LogP contribution in [0.25, 0.3) is 6.08 Å². The molecule has 0 spiro atoms. The lowest BCUT2D eigenvalue weighted by Crippen LogP contribution is -2.43. The largest absolute Gasteiger partial charge is 0.445 e. The van der Waals surface area contributed by atoms with Crippen LogP contribution in [0, 0.1) is 0 Å². The highest BCUT2D eigenvalue weighted by Gasteiger charge is 2.21. The van der Waals surface area contributed by atoms with Gasteiger partial charge in [0.25, 0.3) is 0 Å². The lowest BCUT2D eigenvalue weighted by Gasteiger charge is -2.16. The molecule has 0 fully saturated rings. The minimum Gasteiger partial charge on any atom is -0.445 e. The number of aryl methyl sites for hydroxylation is 1. The Bertz CT molecular complexity index is 991. The van der Waals surface area contributed by atoms with Gasteiger partial charge >= 0.3 is 6.09 Å². The van der Waals surface area contributed by atoms with Crippen molar-refractivity contribution in [3.63, 3.8) is 0 Å². The van der Waals surface area contributed by atoms with Crippen LogP contribution in [0.5, 0.6) is 0 Å². The second kappa shape index (κ2) is 12.4. The summed E-state index contributed by atoms with van der Waals surface area (Å²) in [7, 11) is 0. The lowest BCUT2D eigenvalue weighted by atomic mass is 10.1. The van der Waals surface area contributed by atoms with Crippen LogP contribution in [0.4, 0.5) is 10.6 Å². The average molecular weight is 451 g/mol. The number of fused-ring (bicyclic) bond motifs is 1. The fourth-order valence-corrected chi connectivity index (χ4v) is 3.40. The Balaban J connectivity index is 1.37. The van der Waals surface area contributed by atoms with Crippen LogP contribution >= 0.6 is 0 Å². The zero-order valence-electron chi connectivity index (χ0n) is 18.8. The molecule has 0 aliphatic carbocycles. The van der Waals surface area contributed by atoms with Gasteiger partial charge in [-0.05, 0) is 49.5 Å². The fourth-order valence-electron chi connectivity index (χ4n) is 3.40. The number of anilines is 1. The topological polar surface area (TPSA) is 109 Å². The summed E-state index contributed by atoms with van der Waals surface area (Å²) in [5, 5.41) is 8.54. The standard InChI is InChI=1S/C25H30N4O4/c1-18(30)22(29-25(32)33-17-19-8-3-2-4-9-19)16-23(31)26-14-6-5-11-21-13-12-20-10-7-15-27-24(20)28-21/h2-5,8-9,11-13,22H,6-7,10,14-17H2,1H3,(H,26,31)(H,27,28)(H,29,32)/t22-/m0/s1. The maximum Gasteiger partial charge on any atom is 0.408 e. The summed E-state index contributed by atoms with van der Waals surface area (Å²) in [6.07, 6.45) is 5.78. The fraction of sp³-hybridized carbons (Fsp3) is 0.360. The zero-order valence-corrected chi connectivity index (χ0v) is 18.8. The first-order chi connectivity index (χ1) is 16.0. The number of alkyl carbamates (subject to hydrolysis) is 1. The Hall–Kier alpha value is -3.68. The number of aromatic nitrogens is 1.